The Kier molecular flexibility index (Phi) is 10.5. The highest BCUT2D eigenvalue weighted by Crippen LogP contribution is 2.27. The molecule has 0 saturated carbocycles. The predicted molar refractivity (Wildman–Crippen MR) is 127 cm³/mol. The van der Waals surface area contributed by atoms with E-state index in [1.165, 1.54) is 11.3 Å². The molecule has 0 amide bonds. The minimum absolute atomic E-state index is 0. The second-order valence-electron chi connectivity index (χ2n) is 6.24. The second kappa shape index (κ2) is 12.3. The molecule has 28 heavy (non-hydrogen) atoms. The van der Waals surface area contributed by atoms with E-state index in [2.05, 4.69) is 53.3 Å². The Labute approximate surface area is 185 Å². The Morgan fingerprint density at radius 2 is 1.86 bits per heavy atom. The predicted octanol–water partition coefficient (Wildman–Crippen LogP) is 3.56. The summed E-state index contributed by atoms with van der Waals surface area (Å²) in [4.78, 5) is 6.71. The monoisotopic (exact) mass is 498 g/mol. The van der Waals surface area contributed by atoms with Gasteiger partial charge >= 0.3 is 0 Å². The van der Waals surface area contributed by atoms with Crippen molar-refractivity contribution < 1.29 is 9.47 Å². The number of aliphatic imine (C=N–C) groups is 1. The fourth-order valence-corrected chi connectivity index (χ4v) is 2.82. The molecule has 0 unspecified atom stereocenters. The van der Waals surface area contributed by atoms with Crippen molar-refractivity contribution in [1.29, 1.82) is 0 Å². The third-order valence-corrected chi connectivity index (χ3v) is 4.32. The number of rotatable bonds is 9. The number of guanidine groups is 1. The van der Waals surface area contributed by atoms with E-state index in [-0.39, 0.29) is 24.0 Å². The molecule has 0 fully saturated rings. The number of likely N-dealkylation sites (N-methyl/N-ethyl adjacent to an activating group) is 1. The zero-order valence-corrected chi connectivity index (χ0v) is 19.4. The molecule has 0 heterocycles. The Bertz CT molecular complexity index is 768. The summed E-state index contributed by atoms with van der Waals surface area (Å²) in [5.41, 5.74) is 9.49. The van der Waals surface area contributed by atoms with Gasteiger partial charge in [-0.05, 0) is 49.2 Å². The maximum atomic E-state index is 6.00. The van der Waals surface area contributed by atoms with E-state index < -0.39 is 0 Å². The number of anilines is 1. The van der Waals surface area contributed by atoms with Crippen LogP contribution in [0.2, 0.25) is 0 Å². The fraction of sp³-hybridized carbons (Fsp3) is 0.381. The maximum Gasteiger partial charge on any atom is 0.188 e. The number of hydrogen-bond acceptors (Lipinski definition) is 4. The number of benzene rings is 2. The van der Waals surface area contributed by atoms with Crippen molar-refractivity contribution in [3.63, 3.8) is 0 Å². The van der Waals surface area contributed by atoms with Crippen LogP contribution in [-0.4, -0.2) is 39.8 Å². The molecule has 0 aliphatic heterocycles. The van der Waals surface area contributed by atoms with Crippen molar-refractivity contribution >= 4 is 35.6 Å². The van der Waals surface area contributed by atoms with Crippen LogP contribution in [0.5, 0.6) is 11.5 Å². The zero-order chi connectivity index (χ0) is 19.6. The van der Waals surface area contributed by atoms with Crippen molar-refractivity contribution in [3.8, 4) is 11.5 Å². The van der Waals surface area contributed by atoms with E-state index in [4.69, 9.17) is 15.2 Å². The third-order valence-electron chi connectivity index (χ3n) is 4.32. The van der Waals surface area contributed by atoms with Crippen LogP contribution in [0.25, 0.3) is 0 Å². The molecule has 0 radical (unpaired) electrons. The van der Waals surface area contributed by atoms with Crippen molar-refractivity contribution in [2.75, 3.05) is 38.8 Å². The lowest BCUT2D eigenvalue weighted by Crippen LogP contribution is -2.38. The van der Waals surface area contributed by atoms with Gasteiger partial charge in [-0.1, -0.05) is 18.2 Å². The van der Waals surface area contributed by atoms with Gasteiger partial charge in [0.1, 0.15) is 0 Å². The average molecular weight is 498 g/mol. The fourth-order valence-electron chi connectivity index (χ4n) is 2.82. The summed E-state index contributed by atoms with van der Waals surface area (Å²) < 4.78 is 10.6. The van der Waals surface area contributed by atoms with Crippen LogP contribution in [0.1, 0.15) is 18.1 Å². The standard InChI is InChI=1S/C21H30N4O2.HI/c1-5-25(18-8-6-7-16(2)13-18)12-11-23-21(22)24-15-17-9-10-19(26-3)20(14-17)27-4;/h6-10,13-14H,5,11-12,15H2,1-4H3,(H3,22,23,24);1H. The summed E-state index contributed by atoms with van der Waals surface area (Å²) in [6.07, 6.45) is 0. The molecule has 0 spiro atoms. The van der Waals surface area contributed by atoms with Gasteiger partial charge < -0.3 is 25.4 Å². The molecule has 6 nitrogen and oxygen atoms in total. The number of aryl methyl sites for hydroxylation is 1. The molecule has 0 aliphatic carbocycles. The van der Waals surface area contributed by atoms with Gasteiger partial charge in [0.2, 0.25) is 0 Å². The lowest BCUT2D eigenvalue weighted by atomic mass is 10.2. The van der Waals surface area contributed by atoms with Crippen LogP contribution in [-0.2, 0) is 6.54 Å². The summed E-state index contributed by atoms with van der Waals surface area (Å²) >= 11 is 0. The summed E-state index contributed by atoms with van der Waals surface area (Å²) in [6, 6.07) is 14.2. The summed E-state index contributed by atoms with van der Waals surface area (Å²) in [5.74, 6) is 1.82. The molecule has 2 aromatic carbocycles. The Morgan fingerprint density at radius 1 is 1.11 bits per heavy atom. The van der Waals surface area contributed by atoms with Crippen molar-refractivity contribution in [1.82, 2.24) is 5.32 Å². The first-order chi connectivity index (χ1) is 13.1. The van der Waals surface area contributed by atoms with Crippen LogP contribution in [0.3, 0.4) is 0 Å². The average Bonchev–Trinajstić information content (AvgIpc) is 2.69. The number of hydrogen-bond donors (Lipinski definition) is 2. The lowest BCUT2D eigenvalue weighted by Gasteiger charge is -2.23. The summed E-state index contributed by atoms with van der Waals surface area (Å²) in [6.45, 7) is 7.25. The third kappa shape index (κ3) is 7.10. The minimum Gasteiger partial charge on any atom is -0.493 e. The molecule has 0 aromatic heterocycles. The highest BCUT2D eigenvalue weighted by Gasteiger charge is 2.06. The van der Waals surface area contributed by atoms with Crippen molar-refractivity contribution in [2.45, 2.75) is 20.4 Å². The highest BCUT2D eigenvalue weighted by molar-refractivity contribution is 14.0. The highest BCUT2D eigenvalue weighted by atomic mass is 127. The first-order valence-corrected chi connectivity index (χ1v) is 9.13. The molecule has 0 bridgehead atoms. The minimum atomic E-state index is 0. The molecule has 2 rings (SSSR count). The van der Waals surface area contributed by atoms with E-state index in [9.17, 15) is 0 Å². The number of nitrogens with zero attached hydrogens (tertiary/aromatic N) is 2. The van der Waals surface area contributed by atoms with Gasteiger partial charge in [0, 0.05) is 25.3 Å². The Morgan fingerprint density at radius 3 is 2.50 bits per heavy atom. The van der Waals surface area contributed by atoms with E-state index in [0.29, 0.717) is 24.0 Å². The van der Waals surface area contributed by atoms with Gasteiger partial charge in [0.05, 0.1) is 20.8 Å². The van der Waals surface area contributed by atoms with Gasteiger partial charge in [-0.3, -0.25) is 0 Å². The topological polar surface area (TPSA) is 72.1 Å². The van der Waals surface area contributed by atoms with Gasteiger partial charge in [-0.15, -0.1) is 24.0 Å². The molecule has 0 saturated heterocycles. The van der Waals surface area contributed by atoms with E-state index in [1.54, 1.807) is 14.2 Å². The van der Waals surface area contributed by atoms with E-state index in [1.807, 2.05) is 18.2 Å². The van der Waals surface area contributed by atoms with Crippen LogP contribution in [0.15, 0.2) is 47.5 Å². The van der Waals surface area contributed by atoms with Crippen LogP contribution < -0.4 is 25.4 Å². The normalized spacial score (nSPS) is 10.8. The van der Waals surface area contributed by atoms with Crippen LogP contribution >= 0.6 is 24.0 Å². The molecule has 0 atom stereocenters. The smallest absolute Gasteiger partial charge is 0.188 e. The first kappa shape index (κ1) is 23.9. The first-order valence-electron chi connectivity index (χ1n) is 9.13. The van der Waals surface area contributed by atoms with Crippen LogP contribution in [0.4, 0.5) is 5.69 Å². The molecule has 154 valence electrons. The largest absolute Gasteiger partial charge is 0.493 e. The van der Waals surface area contributed by atoms with Crippen molar-refractivity contribution in [3.05, 3.63) is 53.6 Å². The van der Waals surface area contributed by atoms with E-state index in [0.717, 1.165) is 25.2 Å². The number of nitrogens with one attached hydrogen (secondary N) is 1. The number of halogens is 1. The van der Waals surface area contributed by atoms with Gasteiger partial charge in [0.25, 0.3) is 0 Å². The summed E-state index contributed by atoms with van der Waals surface area (Å²) in [7, 11) is 3.24. The molecule has 0 aliphatic rings. The Balaban J connectivity index is 0.00000392. The molecular formula is C21H31IN4O2. The quantitative estimate of drug-likeness (QED) is 0.314. The lowest BCUT2D eigenvalue weighted by molar-refractivity contribution is 0.354. The molecule has 7 heteroatoms. The SMILES string of the molecule is CCN(CCNC(N)=NCc1ccc(OC)c(OC)c1)c1cccc(C)c1.I. The second-order valence-corrected chi connectivity index (χ2v) is 6.24. The zero-order valence-electron chi connectivity index (χ0n) is 17.1. The number of ether oxygens (including phenoxy) is 2. The van der Waals surface area contributed by atoms with E-state index >= 15 is 0 Å². The number of methoxy groups -OCH3 is 2. The number of nitrogens with two attached hydrogens (primary N) is 1. The van der Waals surface area contributed by atoms with Gasteiger partial charge in [0.15, 0.2) is 17.5 Å². The molecule has 2 aromatic rings. The Hall–Kier alpha value is -2.16. The van der Waals surface area contributed by atoms with Crippen LogP contribution in [0, 0.1) is 6.92 Å². The van der Waals surface area contributed by atoms with Gasteiger partial charge in [-0.2, -0.15) is 0 Å². The molecule has 3 N–H and O–H groups in total. The summed E-state index contributed by atoms with van der Waals surface area (Å²) in [5, 5.41) is 3.18. The molecular weight excluding hydrogens is 467 g/mol. The van der Waals surface area contributed by atoms with Gasteiger partial charge in [-0.25, -0.2) is 4.99 Å². The van der Waals surface area contributed by atoms with Crippen molar-refractivity contribution in [2.24, 2.45) is 10.7 Å². The maximum absolute atomic E-state index is 6.00.